The SMILES string of the molecule is CN1CCc2c(n(C#Cc3cccnc3)c3ccc(Cl)cc23)C1. The number of likely N-dealkylation sites (N-methyl/N-ethyl adjacent to an activating group) is 1. The molecule has 114 valence electrons. The minimum absolute atomic E-state index is 0.775. The highest BCUT2D eigenvalue weighted by molar-refractivity contribution is 6.31. The van der Waals surface area contributed by atoms with Crippen LogP contribution in [0, 0.1) is 12.0 Å². The van der Waals surface area contributed by atoms with Crippen LogP contribution in [0.3, 0.4) is 0 Å². The summed E-state index contributed by atoms with van der Waals surface area (Å²) in [7, 11) is 2.15. The molecule has 0 saturated carbocycles. The molecule has 0 fully saturated rings. The van der Waals surface area contributed by atoms with Gasteiger partial charge < -0.3 is 4.90 Å². The summed E-state index contributed by atoms with van der Waals surface area (Å²) >= 11 is 6.21. The predicted octanol–water partition coefficient (Wildman–Crippen LogP) is 3.53. The average molecular weight is 322 g/mol. The van der Waals surface area contributed by atoms with Gasteiger partial charge in [-0.3, -0.25) is 9.55 Å². The van der Waals surface area contributed by atoms with Gasteiger partial charge in [-0.05, 0) is 55.3 Å². The first-order chi connectivity index (χ1) is 11.2. The van der Waals surface area contributed by atoms with Crippen molar-refractivity contribution in [3.05, 3.63) is 64.6 Å². The summed E-state index contributed by atoms with van der Waals surface area (Å²) < 4.78 is 2.11. The quantitative estimate of drug-likeness (QED) is 0.591. The largest absolute Gasteiger partial charge is 0.300 e. The second kappa shape index (κ2) is 5.73. The molecule has 0 amide bonds. The van der Waals surface area contributed by atoms with Crippen LogP contribution in [0.1, 0.15) is 16.8 Å². The van der Waals surface area contributed by atoms with Crippen LogP contribution in [0.4, 0.5) is 0 Å². The van der Waals surface area contributed by atoms with E-state index in [1.165, 1.54) is 16.6 Å². The van der Waals surface area contributed by atoms with Crippen LogP contribution in [-0.2, 0) is 13.0 Å². The first-order valence-electron chi connectivity index (χ1n) is 7.65. The molecule has 3 nitrogen and oxygen atoms in total. The van der Waals surface area contributed by atoms with Crippen molar-refractivity contribution < 1.29 is 0 Å². The molecular weight excluding hydrogens is 306 g/mol. The Morgan fingerprint density at radius 2 is 2.17 bits per heavy atom. The lowest BCUT2D eigenvalue weighted by molar-refractivity contribution is 0.308. The lowest BCUT2D eigenvalue weighted by Gasteiger charge is -2.23. The van der Waals surface area contributed by atoms with Gasteiger partial charge in [0.25, 0.3) is 0 Å². The van der Waals surface area contributed by atoms with Crippen molar-refractivity contribution >= 4 is 22.5 Å². The molecule has 0 aliphatic carbocycles. The third kappa shape index (κ3) is 2.61. The number of fused-ring (bicyclic) bond motifs is 3. The minimum Gasteiger partial charge on any atom is -0.300 e. The normalized spacial score (nSPS) is 14.3. The minimum atomic E-state index is 0.775. The summed E-state index contributed by atoms with van der Waals surface area (Å²) in [4.78, 5) is 6.45. The Balaban J connectivity index is 1.92. The Bertz CT molecular complexity index is 932. The molecular formula is C19H16ClN3. The van der Waals surface area contributed by atoms with Crippen molar-refractivity contribution in [2.45, 2.75) is 13.0 Å². The van der Waals surface area contributed by atoms with Crippen molar-refractivity contribution in [1.29, 1.82) is 0 Å². The zero-order valence-electron chi connectivity index (χ0n) is 12.9. The van der Waals surface area contributed by atoms with Crippen molar-refractivity contribution in [3.8, 4) is 12.0 Å². The Labute approximate surface area is 140 Å². The number of hydrogen-bond acceptors (Lipinski definition) is 2. The lowest BCUT2D eigenvalue weighted by atomic mass is 10.0. The summed E-state index contributed by atoms with van der Waals surface area (Å²) in [6.45, 7) is 1.97. The summed E-state index contributed by atoms with van der Waals surface area (Å²) in [5.41, 5.74) is 4.70. The van der Waals surface area contributed by atoms with Gasteiger partial charge in [0.15, 0.2) is 0 Å². The number of nitrogens with zero attached hydrogens (tertiary/aromatic N) is 3. The third-order valence-electron chi connectivity index (χ3n) is 4.28. The molecule has 23 heavy (non-hydrogen) atoms. The fraction of sp³-hybridized carbons (Fsp3) is 0.211. The zero-order valence-corrected chi connectivity index (χ0v) is 13.6. The maximum absolute atomic E-state index is 6.21. The molecule has 2 aromatic heterocycles. The van der Waals surface area contributed by atoms with E-state index in [0.29, 0.717) is 0 Å². The maximum atomic E-state index is 6.21. The Morgan fingerprint density at radius 3 is 3.00 bits per heavy atom. The van der Waals surface area contributed by atoms with Gasteiger partial charge in [0.2, 0.25) is 0 Å². The summed E-state index contributed by atoms with van der Waals surface area (Å²) in [6, 6.07) is 13.2. The Kier molecular flexibility index (Phi) is 3.57. The topological polar surface area (TPSA) is 21.1 Å². The Hall–Kier alpha value is -2.28. The van der Waals surface area contributed by atoms with E-state index < -0.39 is 0 Å². The van der Waals surface area contributed by atoms with Gasteiger partial charge in [0.05, 0.1) is 5.52 Å². The molecule has 4 heteroatoms. The molecule has 0 atom stereocenters. The van der Waals surface area contributed by atoms with Gasteiger partial charge in [-0.2, -0.15) is 0 Å². The molecule has 1 aliphatic heterocycles. The molecule has 0 N–H and O–H groups in total. The smallest absolute Gasteiger partial charge is 0.0619 e. The molecule has 3 aromatic rings. The van der Waals surface area contributed by atoms with Crippen LogP contribution < -0.4 is 0 Å². The van der Waals surface area contributed by atoms with E-state index in [1.54, 1.807) is 12.4 Å². The standard InChI is InChI=1S/C19H16ClN3/c1-22-9-7-16-17-11-15(20)4-5-18(17)23(19(16)13-22)10-6-14-3-2-8-21-12-14/h2-5,8,11-12H,7,9,13H2,1H3. The maximum Gasteiger partial charge on any atom is 0.0619 e. The van der Waals surface area contributed by atoms with Gasteiger partial charge in [-0.25, -0.2) is 0 Å². The molecule has 1 aromatic carbocycles. The summed E-state index contributed by atoms with van der Waals surface area (Å²) in [5.74, 6) is 3.22. The van der Waals surface area contributed by atoms with Crippen LogP contribution in [0.5, 0.6) is 0 Å². The van der Waals surface area contributed by atoms with Gasteiger partial charge in [0, 0.05) is 53.2 Å². The van der Waals surface area contributed by atoms with E-state index in [0.717, 1.165) is 35.6 Å². The van der Waals surface area contributed by atoms with Crippen molar-refractivity contribution in [1.82, 2.24) is 14.5 Å². The first-order valence-corrected chi connectivity index (χ1v) is 8.02. The van der Waals surface area contributed by atoms with Crippen LogP contribution in [-0.4, -0.2) is 28.0 Å². The first kappa shape index (κ1) is 14.3. The Morgan fingerprint density at radius 1 is 1.26 bits per heavy atom. The number of pyridine rings is 1. The van der Waals surface area contributed by atoms with Gasteiger partial charge in [-0.1, -0.05) is 11.6 Å². The number of rotatable bonds is 0. The average Bonchev–Trinajstić information content (AvgIpc) is 2.86. The van der Waals surface area contributed by atoms with E-state index in [2.05, 4.69) is 45.6 Å². The molecule has 0 spiro atoms. The second-order valence-corrected chi connectivity index (χ2v) is 6.32. The van der Waals surface area contributed by atoms with Gasteiger partial charge in [-0.15, -0.1) is 0 Å². The fourth-order valence-electron chi connectivity index (χ4n) is 3.15. The van der Waals surface area contributed by atoms with Crippen LogP contribution in [0.25, 0.3) is 10.9 Å². The highest BCUT2D eigenvalue weighted by atomic mass is 35.5. The van der Waals surface area contributed by atoms with E-state index in [4.69, 9.17) is 11.6 Å². The van der Waals surface area contributed by atoms with E-state index in [-0.39, 0.29) is 0 Å². The molecule has 0 bridgehead atoms. The number of hydrogen-bond donors (Lipinski definition) is 0. The van der Waals surface area contributed by atoms with Crippen molar-refractivity contribution in [2.75, 3.05) is 13.6 Å². The van der Waals surface area contributed by atoms with Crippen LogP contribution >= 0.6 is 11.6 Å². The molecule has 4 rings (SSSR count). The second-order valence-electron chi connectivity index (χ2n) is 5.89. The summed E-state index contributed by atoms with van der Waals surface area (Å²) in [5, 5.41) is 2.00. The monoisotopic (exact) mass is 321 g/mol. The van der Waals surface area contributed by atoms with Gasteiger partial charge >= 0.3 is 0 Å². The van der Waals surface area contributed by atoms with E-state index >= 15 is 0 Å². The van der Waals surface area contributed by atoms with E-state index in [9.17, 15) is 0 Å². The van der Waals surface area contributed by atoms with Crippen molar-refractivity contribution in [2.24, 2.45) is 0 Å². The lowest BCUT2D eigenvalue weighted by Crippen LogP contribution is -2.27. The number of benzene rings is 1. The van der Waals surface area contributed by atoms with Crippen LogP contribution in [0.2, 0.25) is 5.02 Å². The highest BCUT2D eigenvalue weighted by Crippen LogP contribution is 2.31. The van der Waals surface area contributed by atoms with Gasteiger partial charge in [0.1, 0.15) is 0 Å². The molecule has 0 radical (unpaired) electrons. The molecule has 3 heterocycles. The molecule has 0 saturated heterocycles. The molecule has 0 unspecified atom stereocenters. The zero-order chi connectivity index (χ0) is 15.8. The third-order valence-corrected chi connectivity index (χ3v) is 4.51. The number of aromatic nitrogens is 2. The molecule has 1 aliphatic rings. The van der Waals surface area contributed by atoms with E-state index in [1.807, 2.05) is 18.2 Å². The van der Waals surface area contributed by atoms with Crippen LogP contribution in [0.15, 0.2) is 42.7 Å². The highest BCUT2D eigenvalue weighted by Gasteiger charge is 2.21. The number of halogens is 1. The predicted molar refractivity (Wildman–Crippen MR) is 93.5 cm³/mol. The van der Waals surface area contributed by atoms with Crippen molar-refractivity contribution in [3.63, 3.8) is 0 Å². The summed E-state index contributed by atoms with van der Waals surface area (Å²) in [6.07, 6.45) is 4.58. The fourth-order valence-corrected chi connectivity index (χ4v) is 3.32.